The molecule has 6 heteroatoms. The van der Waals surface area contributed by atoms with Crippen LogP contribution in [0.1, 0.15) is 25.0 Å². The van der Waals surface area contributed by atoms with Crippen LogP contribution in [-0.4, -0.2) is 18.6 Å². The summed E-state index contributed by atoms with van der Waals surface area (Å²) in [7, 11) is 0. The highest BCUT2D eigenvalue weighted by Crippen LogP contribution is 2.35. The fourth-order valence-electron chi connectivity index (χ4n) is 2.69. The third-order valence-electron chi connectivity index (χ3n) is 4.39. The van der Waals surface area contributed by atoms with Crippen LogP contribution in [0.3, 0.4) is 0 Å². The first-order valence-corrected chi connectivity index (χ1v) is 10.2. The number of esters is 1. The molecular weight excluding hydrogens is 392 g/mol. The minimum Gasteiger partial charge on any atom is -0.486 e. The Morgan fingerprint density at radius 2 is 1.68 bits per heavy atom. The van der Waals surface area contributed by atoms with Gasteiger partial charge in [-0.25, -0.2) is 4.79 Å². The molecule has 3 rings (SSSR count). The predicted molar refractivity (Wildman–Crippen MR) is 119 cm³/mol. The lowest BCUT2D eigenvalue weighted by Crippen LogP contribution is -2.17. The smallest absolute Gasteiger partial charge is 0.332 e. The standard InChI is InChI=1S/C25H26N2O4/c1-4-29-25(28)19(3)26-27-23-15-14-22(31-21-12-10-18(2)11-13-21)16-24(23)30-17-20-8-6-5-7-9-20/h5-16,19H,4,17H2,1-3H3. The zero-order valence-corrected chi connectivity index (χ0v) is 17.9. The van der Waals surface area contributed by atoms with E-state index in [1.165, 1.54) is 0 Å². The maximum atomic E-state index is 11.8. The van der Waals surface area contributed by atoms with Crippen molar-refractivity contribution in [1.82, 2.24) is 0 Å². The summed E-state index contributed by atoms with van der Waals surface area (Å²) in [5.41, 5.74) is 2.68. The van der Waals surface area contributed by atoms with Gasteiger partial charge in [0.25, 0.3) is 0 Å². The van der Waals surface area contributed by atoms with Crippen LogP contribution in [0.15, 0.2) is 83.0 Å². The normalized spacial score (nSPS) is 11.8. The van der Waals surface area contributed by atoms with E-state index >= 15 is 0 Å². The molecule has 0 aliphatic carbocycles. The molecule has 0 heterocycles. The molecule has 0 aromatic heterocycles. The van der Waals surface area contributed by atoms with Crippen molar-refractivity contribution in [3.05, 3.63) is 83.9 Å². The van der Waals surface area contributed by atoms with Crippen LogP contribution in [0.2, 0.25) is 0 Å². The average molecular weight is 418 g/mol. The summed E-state index contributed by atoms with van der Waals surface area (Å²) < 4.78 is 16.9. The molecule has 160 valence electrons. The van der Waals surface area contributed by atoms with E-state index < -0.39 is 12.0 Å². The summed E-state index contributed by atoms with van der Waals surface area (Å²) in [5.74, 6) is 1.43. The van der Waals surface area contributed by atoms with E-state index in [-0.39, 0.29) is 0 Å². The Morgan fingerprint density at radius 1 is 0.968 bits per heavy atom. The largest absolute Gasteiger partial charge is 0.486 e. The van der Waals surface area contributed by atoms with Crippen molar-refractivity contribution in [3.63, 3.8) is 0 Å². The van der Waals surface area contributed by atoms with Gasteiger partial charge >= 0.3 is 5.97 Å². The van der Waals surface area contributed by atoms with E-state index in [0.29, 0.717) is 30.4 Å². The van der Waals surface area contributed by atoms with E-state index in [0.717, 1.165) is 16.9 Å². The molecule has 3 aromatic carbocycles. The minimum absolute atomic E-state index is 0.301. The number of hydrogen-bond donors (Lipinski definition) is 0. The fourth-order valence-corrected chi connectivity index (χ4v) is 2.69. The maximum Gasteiger partial charge on any atom is 0.332 e. The van der Waals surface area contributed by atoms with Crippen LogP contribution in [0.4, 0.5) is 5.69 Å². The highest BCUT2D eigenvalue weighted by Gasteiger charge is 2.13. The molecule has 0 saturated carbocycles. The van der Waals surface area contributed by atoms with Crippen LogP contribution in [-0.2, 0) is 16.1 Å². The highest BCUT2D eigenvalue weighted by atomic mass is 16.5. The highest BCUT2D eigenvalue weighted by molar-refractivity contribution is 5.75. The first-order valence-electron chi connectivity index (χ1n) is 10.2. The molecule has 0 aliphatic heterocycles. The lowest BCUT2D eigenvalue weighted by Gasteiger charge is -2.12. The fraction of sp³-hybridized carbons (Fsp3) is 0.240. The number of rotatable bonds is 9. The SMILES string of the molecule is CCOC(=O)C(C)N=Nc1ccc(Oc2ccc(C)cc2)cc1OCc1ccccc1. The van der Waals surface area contributed by atoms with Gasteiger partial charge in [-0.1, -0.05) is 48.0 Å². The van der Waals surface area contributed by atoms with Crippen LogP contribution in [0.5, 0.6) is 17.2 Å². The number of nitrogens with zero attached hydrogens (tertiary/aromatic N) is 2. The van der Waals surface area contributed by atoms with Gasteiger partial charge in [0, 0.05) is 6.07 Å². The average Bonchev–Trinajstić information content (AvgIpc) is 2.79. The molecule has 0 saturated heterocycles. The van der Waals surface area contributed by atoms with Crippen LogP contribution in [0.25, 0.3) is 0 Å². The van der Waals surface area contributed by atoms with Crippen LogP contribution < -0.4 is 9.47 Å². The van der Waals surface area contributed by atoms with Crippen molar-refractivity contribution < 1.29 is 19.0 Å². The van der Waals surface area contributed by atoms with E-state index in [9.17, 15) is 4.79 Å². The zero-order valence-electron chi connectivity index (χ0n) is 17.9. The lowest BCUT2D eigenvalue weighted by molar-refractivity contribution is -0.144. The number of aryl methyl sites for hydroxylation is 1. The second kappa shape index (κ2) is 10.9. The Kier molecular flexibility index (Phi) is 7.76. The van der Waals surface area contributed by atoms with Crippen molar-refractivity contribution in [1.29, 1.82) is 0 Å². The minimum atomic E-state index is -0.703. The summed E-state index contributed by atoms with van der Waals surface area (Å²) in [6.45, 7) is 6.08. The number of azo groups is 1. The second-order valence-electron chi connectivity index (χ2n) is 6.96. The predicted octanol–water partition coefficient (Wildman–Crippen LogP) is 6.40. The second-order valence-corrected chi connectivity index (χ2v) is 6.96. The molecule has 1 atom stereocenters. The summed E-state index contributed by atoms with van der Waals surface area (Å²) in [4.78, 5) is 11.8. The summed E-state index contributed by atoms with van der Waals surface area (Å²) in [6.07, 6.45) is 0. The van der Waals surface area contributed by atoms with E-state index in [2.05, 4.69) is 10.2 Å². The molecule has 1 unspecified atom stereocenters. The first kappa shape index (κ1) is 22.0. The summed E-state index contributed by atoms with van der Waals surface area (Å²) in [6, 6.07) is 22.2. The Labute approximate surface area is 182 Å². The third-order valence-corrected chi connectivity index (χ3v) is 4.39. The number of carbonyl (C=O) groups excluding carboxylic acids is 1. The first-order chi connectivity index (χ1) is 15.0. The molecule has 3 aromatic rings. The molecule has 0 spiro atoms. The topological polar surface area (TPSA) is 69.5 Å². The number of benzene rings is 3. The summed E-state index contributed by atoms with van der Waals surface area (Å²) >= 11 is 0. The number of carbonyl (C=O) groups is 1. The monoisotopic (exact) mass is 418 g/mol. The van der Waals surface area contributed by atoms with Gasteiger partial charge in [-0.05, 0) is 50.6 Å². The lowest BCUT2D eigenvalue weighted by atomic mass is 10.2. The van der Waals surface area contributed by atoms with Gasteiger partial charge in [-0.3, -0.25) is 0 Å². The molecule has 0 amide bonds. The van der Waals surface area contributed by atoms with Crippen LogP contribution in [0, 0.1) is 6.92 Å². The van der Waals surface area contributed by atoms with E-state index in [1.807, 2.05) is 61.5 Å². The van der Waals surface area contributed by atoms with Gasteiger partial charge in [-0.2, -0.15) is 10.2 Å². The van der Waals surface area contributed by atoms with Crippen molar-refractivity contribution in [2.45, 2.75) is 33.4 Å². The van der Waals surface area contributed by atoms with Crippen molar-refractivity contribution in [3.8, 4) is 17.2 Å². The van der Waals surface area contributed by atoms with Crippen molar-refractivity contribution in [2.75, 3.05) is 6.61 Å². The van der Waals surface area contributed by atoms with Gasteiger partial charge in [0.05, 0.1) is 6.61 Å². The molecule has 31 heavy (non-hydrogen) atoms. The molecule has 6 nitrogen and oxygen atoms in total. The Morgan fingerprint density at radius 3 is 2.39 bits per heavy atom. The van der Waals surface area contributed by atoms with E-state index in [1.54, 1.807) is 32.0 Å². The quantitative estimate of drug-likeness (QED) is 0.298. The van der Waals surface area contributed by atoms with Gasteiger partial charge in [0.1, 0.15) is 23.8 Å². The molecule has 0 N–H and O–H groups in total. The Hall–Kier alpha value is -3.67. The van der Waals surface area contributed by atoms with E-state index in [4.69, 9.17) is 14.2 Å². The Balaban J connectivity index is 1.81. The maximum absolute atomic E-state index is 11.8. The van der Waals surface area contributed by atoms with Gasteiger partial charge in [-0.15, -0.1) is 0 Å². The van der Waals surface area contributed by atoms with Crippen molar-refractivity contribution >= 4 is 11.7 Å². The number of hydrogen-bond acceptors (Lipinski definition) is 6. The van der Waals surface area contributed by atoms with Crippen LogP contribution >= 0.6 is 0 Å². The van der Waals surface area contributed by atoms with Gasteiger partial charge in [0.2, 0.25) is 0 Å². The molecule has 0 fully saturated rings. The van der Waals surface area contributed by atoms with Gasteiger partial charge in [0.15, 0.2) is 11.8 Å². The zero-order chi connectivity index (χ0) is 22.1. The van der Waals surface area contributed by atoms with Gasteiger partial charge < -0.3 is 14.2 Å². The summed E-state index contributed by atoms with van der Waals surface area (Å²) in [5, 5.41) is 8.31. The van der Waals surface area contributed by atoms with Crippen molar-refractivity contribution in [2.24, 2.45) is 10.2 Å². The molecule has 0 aliphatic rings. The molecule has 0 radical (unpaired) electrons. The number of ether oxygens (including phenoxy) is 3. The molecule has 0 bridgehead atoms. The third kappa shape index (κ3) is 6.67. The Bertz CT molecular complexity index is 1020. The molecular formula is C25H26N2O4.